The van der Waals surface area contributed by atoms with Crippen LogP contribution in [-0.2, 0) is 0 Å². The van der Waals surface area contributed by atoms with Crippen LogP contribution in [0.25, 0.3) is 10.8 Å². The van der Waals surface area contributed by atoms with E-state index in [9.17, 15) is 5.11 Å². The fourth-order valence-electron chi connectivity index (χ4n) is 2.51. The predicted octanol–water partition coefficient (Wildman–Crippen LogP) is 5.36. The Hall–Kier alpha value is -1.16. The molecule has 0 amide bonds. The van der Waals surface area contributed by atoms with Gasteiger partial charge in [0.2, 0.25) is 0 Å². The molecule has 1 heterocycles. The fourth-order valence-corrected chi connectivity index (χ4v) is 3.84. The minimum atomic E-state index is -0.548. The first-order valence-corrected chi connectivity index (χ1v) is 8.10. The molecule has 1 N–H and O–H groups in total. The zero-order chi connectivity index (χ0) is 14.3. The van der Waals surface area contributed by atoms with Gasteiger partial charge in [-0.05, 0) is 60.0 Å². The standard InChI is InChI=1S/C17H15BrOS/c1-10-7-16(11(2)20-10)17(19)14-4-3-13-9-15(18)6-5-12(13)8-14/h3-9,17,19H,1-2H3. The van der Waals surface area contributed by atoms with Crippen molar-refractivity contribution in [3.63, 3.8) is 0 Å². The molecular weight excluding hydrogens is 332 g/mol. The highest BCUT2D eigenvalue weighted by molar-refractivity contribution is 9.10. The van der Waals surface area contributed by atoms with Crippen LogP contribution < -0.4 is 0 Å². The number of rotatable bonds is 2. The quantitative estimate of drug-likeness (QED) is 0.661. The summed E-state index contributed by atoms with van der Waals surface area (Å²) in [5.74, 6) is 0. The molecule has 0 aliphatic rings. The van der Waals surface area contributed by atoms with Gasteiger partial charge in [-0.2, -0.15) is 0 Å². The van der Waals surface area contributed by atoms with Gasteiger partial charge in [0.05, 0.1) is 0 Å². The fraction of sp³-hybridized carbons (Fsp3) is 0.176. The molecule has 0 fully saturated rings. The Kier molecular flexibility index (Phi) is 3.67. The molecule has 0 aliphatic heterocycles. The van der Waals surface area contributed by atoms with E-state index in [4.69, 9.17) is 0 Å². The number of thiophene rings is 1. The number of benzene rings is 2. The molecule has 0 saturated heterocycles. The van der Waals surface area contributed by atoms with Crippen LogP contribution in [0, 0.1) is 13.8 Å². The average molecular weight is 347 g/mol. The first-order chi connectivity index (χ1) is 9.54. The lowest BCUT2D eigenvalue weighted by molar-refractivity contribution is 0.220. The van der Waals surface area contributed by atoms with Gasteiger partial charge >= 0.3 is 0 Å². The van der Waals surface area contributed by atoms with E-state index in [1.165, 1.54) is 15.1 Å². The molecule has 0 radical (unpaired) electrons. The molecule has 3 aromatic rings. The Morgan fingerprint density at radius 1 is 1.00 bits per heavy atom. The van der Waals surface area contributed by atoms with Crippen LogP contribution >= 0.6 is 27.3 Å². The number of aliphatic hydroxyl groups is 1. The van der Waals surface area contributed by atoms with Crippen LogP contribution in [0.2, 0.25) is 0 Å². The highest BCUT2D eigenvalue weighted by Crippen LogP contribution is 2.32. The van der Waals surface area contributed by atoms with Crippen molar-refractivity contribution in [2.45, 2.75) is 20.0 Å². The Morgan fingerprint density at radius 2 is 1.70 bits per heavy atom. The summed E-state index contributed by atoms with van der Waals surface area (Å²) in [5, 5.41) is 12.9. The van der Waals surface area contributed by atoms with Crippen molar-refractivity contribution in [2.24, 2.45) is 0 Å². The lowest BCUT2D eigenvalue weighted by Gasteiger charge is -2.12. The summed E-state index contributed by atoms with van der Waals surface area (Å²) in [6.07, 6.45) is -0.548. The second kappa shape index (κ2) is 5.32. The third kappa shape index (κ3) is 2.53. The summed E-state index contributed by atoms with van der Waals surface area (Å²) >= 11 is 5.21. The van der Waals surface area contributed by atoms with Crippen molar-refractivity contribution in [2.75, 3.05) is 0 Å². The first-order valence-electron chi connectivity index (χ1n) is 6.49. The zero-order valence-electron chi connectivity index (χ0n) is 11.4. The zero-order valence-corrected chi connectivity index (χ0v) is 13.8. The lowest BCUT2D eigenvalue weighted by Crippen LogP contribution is -1.99. The SMILES string of the molecule is Cc1cc(C(O)c2ccc3cc(Br)ccc3c2)c(C)s1. The molecule has 0 spiro atoms. The number of aliphatic hydroxyl groups excluding tert-OH is 1. The first kappa shape index (κ1) is 13.8. The maximum Gasteiger partial charge on any atom is 0.105 e. The van der Waals surface area contributed by atoms with Gasteiger partial charge < -0.3 is 5.11 Å². The molecule has 0 bridgehead atoms. The van der Waals surface area contributed by atoms with E-state index >= 15 is 0 Å². The summed E-state index contributed by atoms with van der Waals surface area (Å²) < 4.78 is 1.07. The van der Waals surface area contributed by atoms with Crippen LogP contribution in [0.3, 0.4) is 0 Å². The van der Waals surface area contributed by atoms with Crippen molar-refractivity contribution < 1.29 is 5.11 Å². The molecule has 0 aliphatic carbocycles. The second-order valence-electron chi connectivity index (χ2n) is 5.02. The predicted molar refractivity (Wildman–Crippen MR) is 89.5 cm³/mol. The van der Waals surface area contributed by atoms with Crippen LogP contribution in [0.4, 0.5) is 0 Å². The summed E-state index contributed by atoms with van der Waals surface area (Å²) in [6.45, 7) is 4.14. The lowest BCUT2D eigenvalue weighted by atomic mass is 9.99. The van der Waals surface area contributed by atoms with Gasteiger partial charge in [-0.3, -0.25) is 0 Å². The van der Waals surface area contributed by atoms with Crippen molar-refractivity contribution in [3.8, 4) is 0 Å². The highest BCUT2D eigenvalue weighted by Gasteiger charge is 2.15. The van der Waals surface area contributed by atoms with Gasteiger partial charge in [0.25, 0.3) is 0 Å². The number of halogens is 1. The second-order valence-corrected chi connectivity index (χ2v) is 7.40. The monoisotopic (exact) mass is 346 g/mol. The molecule has 1 nitrogen and oxygen atoms in total. The van der Waals surface area contributed by atoms with Crippen LogP contribution in [0.15, 0.2) is 46.9 Å². The molecule has 1 aromatic heterocycles. The summed E-state index contributed by atoms with van der Waals surface area (Å²) in [5.41, 5.74) is 1.96. The molecule has 1 atom stereocenters. The molecule has 3 heteroatoms. The van der Waals surface area contributed by atoms with Gasteiger partial charge in [0.1, 0.15) is 6.10 Å². The van der Waals surface area contributed by atoms with E-state index in [-0.39, 0.29) is 0 Å². The van der Waals surface area contributed by atoms with E-state index in [0.29, 0.717) is 0 Å². The van der Waals surface area contributed by atoms with Crippen LogP contribution in [0.5, 0.6) is 0 Å². The molecule has 1 unspecified atom stereocenters. The van der Waals surface area contributed by atoms with Crippen molar-refractivity contribution >= 4 is 38.0 Å². The summed E-state index contributed by atoms with van der Waals surface area (Å²) in [6, 6.07) is 14.4. The Bertz CT molecular complexity index is 776. The topological polar surface area (TPSA) is 20.2 Å². The van der Waals surface area contributed by atoms with Gasteiger partial charge in [-0.25, -0.2) is 0 Å². The van der Waals surface area contributed by atoms with Gasteiger partial charge in [0, 0.05) is 14.2 Å². The molecular formula is C17H15BrOS. The van der Waals surface area contributed by atoms with E-state index in [0.717, 1.165) is 21.0 Å². The molecule has 3 rings (SSSR count). The Labute approximate surface area is 131 Å². The summed E-state index contributed by atoms with van der Waals surface area (Å²) in [4.78, 5) is 2.42. The number of hydrogen-bond acceptors (Lipinski definition) is 2. The molecule has 2 aromatic carbocycles. The maximum atomic E-state index is 10.6. The third-order valence-electron chi connectivity index (χ3n) is 3.52. The van der Waals surface area contributed by atoms with Crippen LogP contribution in [0.1, 0.15) is 27.0 Å². The average Bonchev–Trinajstić information content (AvgIpc) is 2.76. The minimum Gasteiger partial charge on any atom is -0.384 e. The van der Waals surface area contributed by atoms with Crippen molar-refractivity contribution in [1.29, 1.82) is 0 Å². The van der Waals surface area contributed by atoms with E-state index < -0.39 is 6.10 Å². The van der Waals surface area contributed by atoms with Gasteiger partial charge in [0.15, 0.2) is 0 Å². The highest BCUT2D eigenvalue weighted by atomic mass is 79.9. The number of hydrogen-bond donors (Lipinski definition) is 1. The van der Waals surface area contributed by atoms with Crippen LogP contribution in [-0.4, -0.2) is 5.11 Å². The van der Waals surface area contributed by atoms with Crippen molar-refractivity contribution in [1.82, 2.24) is 0 Å². The number of fused-ring (bicyclic) bond motifs is 1. The number of aryl methyl sites for hydroxylation is 2. The van der Waals surface area contributed by atoms with E-state index in [1.807, 2.05) is 12.1 Å². The molecule has 0 saturated carbocycles. The smallest absolute Gasteiger partial charge is 0.105 e. The Morgan fingerprint density at radius 3 is 2.40 bits per heavy atom. The largest absolute Gasteiger partial charge is 0.384 e. The molecule has 102 valence electrons. The minimum absolute atomic E-state index is 0.548. The van der Waals surface area contributed by atoms with E-state index in [1.54, 1.807) is 11.3 Å². The van der Waals surface area contributed by atoms with E-state index in [2.05, 4.69) is 60.1 Å². The molecule has 20 heavy (non-hydrogen) atoms. The third-order valence-corrected chi connectivity index (χ3v) is 4.99. The van der Waals surface area contributed by atoms with Crippen molar-refractivity contribution in [3.05, 3.63) is 67.8 Å². The normalized spacial score (nSPS) is 12.8. The Balaban J connectivity index is 2.05. The maximum absolute atomic E-state index is 10.6. The van der Waals surface area contributed by atoms with Gasteiger partial charge in [-0.15, -0.1) is 11.3 Å². The van der Waals surface area contributed by atoms with Gasteiger partial charge in [-0.1, -0.05) is 34.1 Å². The summed E-state index contributed by atoms with van der Waals surface area (Å²) in [7, 11) is 0.